The maximum atomic E-state index is 13.8. The van der Waals surface area contributed by atoms with Crippen molar-refractivity contribution in [1.82, 2.24) is 4.90 Å². The number of rotatable bonds is 6. The van der Waals surface area contributed by atoms with Gasteiger partial charge in [0.05, 0.1) is 11.6 Å². The van der Waals surface area contributed by atoms with Crippen LogP contribution in [0.3, 0.4) is 0 Å². The number of ketones is 1. The van der Waals surface area contributed by atoms with Crippen molar-refractivity contribution in [3.63, 3.8) is 0 Å². The van der Waals surface area contributed by atoms with Gasteiger partial charge in [-0.2, -0.15) is 0 Å². The fourth-order valence-corrected chi connectivity index (χ4v) is 2.53. The molecule has 0 N–H and O–H groups in total. The van der Waals surface area contributed by atoms with Gasteiger partial charge in [-0.1, -0.05) is 23.7 Å². The van der Waals surface area contributed by atoms with Gasteiger partial charge in [0.15, 0.2) is 5.78 Å². The summed E-state index contributed by atoms with van der Waals surface area (Å²) < 4.78 is 19.2. The van der Waals surface area contributed by atoms with Crippen molar-refractivity contribution in [1.29, 1.82) is 0 Å². The van der Waals surface area contributed by atoms with Crippen LogP contribution in [-0.2, 0) is 16.0 Å². The van der Waals surface area contributed by atoms with Crippen LogP contribution in [0.25, 0.3) is 0 Å². The molecule has 1 fully saturated rings. The van der Waals surface area contributed by atoms with Crippen molar-refractivity contribution in [2.24, 2.45) is 0 Å². The monoisotopic (exact) mass is 355 g/mol. The van der Waals surface area contributed by atoms with E-state index in [4.69, 9.17) is 16.3 Å². The molecule has 0 bridgehead atoms. The van der Waals surface area contributed by atoms with E-state index in [-0.39, 0.29) is 36.2 Å². The molecule has 0 heterocycles. The Morgan fingerprint density at radius 1 is 1.33 bits per heavy atom. The summed E-state index contributed by atoms with van der Waals surface area (Å²) in [6, 6.07) is 4.81. The van der Waals surface area contributed by atoms with Crippen molar-refractivity contribution in [2.75, 3.05) is 6.54 Å². The molecule has 0 spiro atoms. The largest absolute Gasteiger partial charge is 0.444 e. The third-order valence-corrected chi connectivity index (χ3v) is 3.96. The zero-order valence-electron chi connectivity index (χ0n) is 14.3. The molecule has 6 heteroatoms. The zero-order valence-corrected chi connectivity index (χ0v) is 15.0. The van der Waals surface area contributed by atoms with Gasteiger partial charge in [0.1, 0.15) is 11.4 Å². The number of Topliss-reactive ketones (excluding diaryl/α,β-unsaturated/α-hetero) is 1. The Morgan fingerprint density at radius 3 is 2.58 bits per heavy atom. The lowest BCUT2D eigenvalue weighted by Gasteiger charge is -2.27. The zero-order chi connectivity index (χ0) is 17.9. The molecule has 0 radical (unpaired) electrons. The van der Waals surface area contributed by atoms with Crippen molar-refractivity contribution in [2.45, 2.75) is 58.1 Å². The molecule has 0 saturated heterocycles. The van der Waals surface area contributed by atoms with Gasteiger partial charge in [-0.05, 0) is 51.7 Å². The van der Waals surface area contributed by atoms with Crippen LogP contribution in [-0.4, -0.2) is 35.0 Å². The maximum Gasteiger partial charge on any atom is 0.410 e. The number of aryl methyl sites for hydroxylation is 1. The average molecular weight is 356 g/mol. The second kappa shape index (κ2) is 7.51. The van der Waals surface area contributed by atoms with Gasteiger partial charge < -0.3 is 4.74 Å². The van der Waals surface area contributed by atoms with Crippen molar-refractivity contribution >= 4 is 23.5 Å². The summed E-state index contributed by atoms with van der Waals surface area (Å²) in [5.41, 5.74) is -0.192. The first-order chi connectivity index (χ1) is 11.2. The van der Waals surface area contributed by atoms with Crippen LogP contribution in [0.15, 0.2) is 18.2 Å². The predicted octanol–water partition coefficient (Wildman–Crippen LogP) is 4.38. The molecule has 1 aromatic carbocycles. The third kappa shape index (κ3) is 5.48. The van der Waals surface area contributed by atoms with Gasteiger partial charge in [-0.25, -0.2) is 9.18 Å². The van der Waals surface area contributed by atoms with E-state index in [1.165, 1.54) is 11.0 Å². The number of hydrogen-bond donors (Lipinski definition) is 0. The molecule has 1 saturated carbocycles. The fraction of sp³-hybridized carbons (Fsp3) is 0.556. The topological polar surface area (TPSA) is 46.6 Å². The molecule has 2 rings (SSSR count). The summed E-state index contributed by atoms with van der Waals surface area (Å²) >= 11 is 5.74. The van der Waals surface area contributed by atoms with Gasteiger partial charge >= 0.3 is 6.09 Å². The highest BCUT2D eigenvalue weighted by molar-refractivity contribution is 6.30. The molecule has 1 aliphatic carbocycles. The number of benzene rings is 1. The Balaban J connectivity index is 1.91. The van der Waals surface area contributed by atoms with Gasteiger partial charge in [0.2, 0.25) is 0 Å². The van der Waals surface area contributed by atoms with Crippen LogP contribution < -0.4 is 0 Å². The molecular formula is C18H23ClFNO3. The predicted molar refractivity (Wildman–Crippen MR) is 90.7 cm³/mol. The van der Waals surface area contributed by atoms with E-state index in [1.54, 1.807) is 32.9 Å². The Morgan fingerprint density at radius 2 is 2.00 bits per heavy atom. The highest BCUT2D eigenvalue weighted by Crippen LogP contribution is 2.28. The molecule has 24 heavy (non-hydrogen) atoms. The summed E-state index contributed by atoms with van der Waals surface area (Å²) in [6.07, 6.45) is 1.72. The van der Waals surface area contributed by atoms with Crippen LogP contribution >= 0.6 is 11.6 Å². The van der Waals surface area contributed by atoms with E-state index in [0.29, 0.717) is 5.56 Å². The molecule has 1 amide bonds. The number of carbonyl (C=O) groups is 2. The highest BCUT2D eigenvalue weighted by atomic mass is 35.5. The van der Waals surface area contributed by atoms with Crippen LogP contribution in [0.2, 0.25) is 5.02 Å². The molecule has 0 aliphatic heterocycles. The smallest absolute Gasteiger partial charge is 0.410 e. The molecule has 132 valence electrons. The summed E-state index contributed by atoms with van der Waals surface area (Å²) in [6.45, 7) is 5.38. The van der Waals surface area contributed by atoms with Crippen LogP contribution in [0.5, 0.6) is 0 Å². The lowest BCUT2D eigenvalue weighted by molar-refractivity contribution is -0.120. The summed E-state index contributed by atoms with van der Waals surface area (Å²) in [4.78, 5) is 25.9. The highest BCUT2D eigenvalue weighted by Gasteiger charge is 2.36. The quantitative estimate of drug-likeness (QED) is 0.760. The number of amides is 1. The molecule has 4 nitrogen and oxygen atoms in total. The SMILES string of the molecule is CC(C)(C)OC(=O)N(CC(=O)CCc1cccc(Cl)c1F)C1CC1. The minimum absolute atomic E-state index is 0.00175. The summed E-state index contributed by atoms with van der Waals surface area (Å²) in [5, 5.41) is 0.0494. The van der Waals surface area contributed by atoms with Gasteiger partial charge in [-0.3, -0.25) is 9.69 Å². The van der Waals surface area contributed by atoms with E-state index < -0.39 is 17.5 Å². The van der Waals surface area contributed by atoms with Crippen molar-refractivity contribution in [3.05, 3.63) is 34.6 Å². The summed E-state index contributed by atoms with van der Waals surface area (Å²) in [7, 11) is 0. The Bertz CT molecular complexity index is 623. The minimum Gasteiger partial charge on any atom is -0.444 e. The molecular weight excluding hydrogens is 333 g/mol. The molecule has 1 aromatic rings. The van der Waals surface area contributed by atoms with Gasteiger partial charge in [0, 0.05) is 12.5 Å². The van der Waals surface area contributed by atoms with Crippen LogP contribution in [0, 0.1) is 5.82 Å². The van der Waals surface area contributed by atoms with E-state index >= 15 is 0 Å². The molecule has 0 atom stereocenters. The van der Waals surface area contributed by atoms with Gasteiger partial charge in [0.25, 0.3) is 0 Å². The minimum atomic E-state index is -0.600. The number of nitrogens with zero attached hydrogens (tertiary/aromatic N) is 1. The van der Waals surface area contributed by atoms with E-state index in [2.05, 4.69) is 0 Å². The number of carbonyl (C=O) groups excluding carboxylic acids is 2. The molecule has 0 unspecified atom stereocenters. The second-order valence-corrected chi connectivity index (χ2v) is 7.50. The second-order valence-electron chi connectivity index (χ2n) is 7.09. The first-order valence-electron chi connectivity index (χ1n) is 8.11. The number of hydrogen-bond acceptors (Lipinski definition) is 3. The number of halogens is 2. The molecule has 1 aliphatic rings. The Kier molecular flexibility index (Phi) is 5.86. The van der Waals surface area contributed by atoms with E-state index in [0.717, 1.165) is 12.8 Å². The van der Waals surface area contributed by atoms with E-state index in [1.807, 2.05) is 0 Å². The van der Waals surface area contributed by atoms with Crippen LogP contribution in [0.1, 0.15) is 45.6 Å². The third-order valence-electron chi connectivity index (χ3n) is 3.67. The average Bonchev–Trinajstić information content (AvgIpc) is 3.29. The Labute approximate surface area is 146 Å². The molecule has 0 aromatic heterocycles. The van der Waals surface area contributed by atoms with Crippen molar-refractivity contribution < 1.29 is 18.7 Å². The van der Waals surface area contributed by atoms with E-state index in [9.17, 15) is 14.0 Å². The number of ether oxygens (including phenoxy) is 1. The standard InChI is InChI=1S/C18H23ClFNO3/c1-18(2,3)24-17(23)21(13-8-9-13)11-14(22)10-7-12-5-4-6-15(19)16(12)20/h4-6,13H,7-11H2,1-3H3. The first-order valence-corrected chi connectivity index (χ1v) is 8.49. The van der Waals surface area contributed by atoms with Crippen LogP contribution in [0.4, 0.5) is 9.18 Å². The summed E-state index contributed by atoms with van der Waals surface area (Å²) in [5.74, 6) is -0.606. The lowest BCUT2D eigenvalue weighted by atomic mass is 10.1. The lowest BCUT2D eigenvalue weighted by Crippen LogP contribution is -2.41. The fourth-order valence-electron chi connectivity index (χ4n) is 2.33. The van der Waals surface area contributed by atoms with Gasteiger partial charge in [-0.15, -0.1) is 0 Å². The van der Waals surface area contributed by atoms with Crippen molar-refractivity contribution in [3.8, 4) is 0 Å². The Hall–Kier alpha value is -1.62. The normalized spacial score (nSPS) is 14.4. The first kappa shape index (κ1) is 18.7. The maximum absolute atomic E-state index is 13.8.